The van der Waals surface area contributed by atoms with Crippen molar-refractivity contribution in [2.75, 3.05) is 0 Å². The fourth-order valence-electron chi connectivity index (χ4n) is 4.11. The molecule has 0 aliphatic carbocycles. The van der Waals surface area contributed by atoms with Crippen LogP contribution in [-0.2, 0) is 13.6 Å². The maximum atomic E-state index is 13.5. The molecular weight excluding hydrogens is 493 g/mol. The van der Waals surface area contributed by atoms with Crippen LogP contribution in [0.5, 0.6) is 0 Å². The second kappa shape index (κ2) is 9.82. The molecule has 0 spiro atoms. The zero-order valence-corrected chi connectivity index (χ0v) is 20.9. The van der Waals surface area contributed by atoms with E-state index >= 15 is 0 Å². The standard InChI is InChI=1S/C27H22FN5O3S/c1-18-25(26(34)32(30(18)2)22-6-4-3-5-7-22)29-27-31(16-19-8-12-21(28)13-9-19)24(17-37-27)20-10-14-23(15-11-20)33(35)36/h3-15,17H,16H2,1-2H3. The van der Waals surface area contributed by atoms with E-state index in [4.69, 9.17) is 4.99 Å². The number of hydrogen-bond donors (Lipinski definition) is 0. The highest BCUT2D eigenvalue weighted by molar-refractivity contribution is 7.07. The monoisotopic (exact) mass is 515 g/mol. The molecule has 10 heteroatoms. The molecule has 0 saturated heterocycles. The minimum absolute atomic E-state index is 0.00431. The van der Waals surface area contributed by atoms with Gasteiger partial charge in [-0.2, -0.15) is 0 Å². The highest BCUT2D eigenvalue weighted by Gasteiger charge is 2.17. The van der Waals surface area contributed by atoms with Crippen molar-refractivity contribution < 1.29 is 9.31 Å². The van der Waals surface area contributed by atoms with Gasteiger partial charge in [-0.1, -0.05) is 30.3 Å². The van der Waals surface area contributed by atoms with Crippen LogP contribution >= 0.6 is 11.3 Å². The third kappa shape index (κ3) is 4.66. The summed E-state index contributed by atoms with van der Waals surface area (Å²) in [7, 11) is 1.81. The van der Waals surface area contributed by atoms with E-state index in [1.54, 1.807) is 33.6 Å². The van der Waals surface area contributed by atoms with Crippen molar-refractivity contribution in [3.63, 3.8) is 0 Å². The number of nitro groups is 1. The molecule has 0 bridgehead atoms. The molecule has 2 heterocycles. The molecule has 0 amide bonds. The molecule has 8 nitrogen and oxygen atoms in total. The van der Waals surface area contributed by atoms with E-state index in [1.807, 2.05) is 54.3 Å². The van der Waals surface area contributed by atoms with Crippen LogP contribution in [0.3, 0.4) is 0 Å². The van der Waals surface area contributed by atoms with Crippen LogP contribution in [0.15, 0.2) is 94.0 Å². The van der Waals surface area contributed by atoms with Gasteiger partial charge >= 0.3 is 0 Å². The van der Waals surface area contributed by atoms with Crippen molar-refractivity contribution in [1.82, 2.24) is 13.9 Å². The second-order valence-electron chi connectivity index (χ2n) is 8.44. The maximum absolute atomic E-state index is 13.5. The van der Waals surface area contributed by atoms with Crippen molar-refractivity contribution in [1.29, 1.82) is 0 Å². The Labute approximate surface area is 215 Å². The zero-order chi connectivity index (χ0) is 26.1. The Morgan fingerprint density at radius 1 is 1.00 bits per heavy atom. The van der Waals surface area contributed by atoms with Crippen molar-refractivity contribution in [3.05, 3.63) is 127 Å². The topological polar surface area (TPSA) is 87.4 Å². The third-order valence-electron chi connectivity index (χ3n) is 6.16. The lowest BCUT2D eigenvalue weighted by atomic mass is 10.1. The zero-order valence-electron chi connectivity index (χ0n) is 20.0. The molecule has 2 aromatic heterocycles. The molecule has 0 radical (unpaired) electrons. The molecule has 0 saturated carbocycles. The van der Waals surface area contributed by atoms with E-state index in [2.05, 4.69) is 0 Å². The van der Waals surface area contributed by atoms with E-state index < -0.39 is 4.92 Å². The molecule has 0 aliphatic rings. The van der Waals surface area contributed by atoms with Crippen LogP contribution < -0.4 is 10.4 Å². The van der Waals surface area contributed by atoms with Gasteiger partial charge in [-0.05, 0) is 54.4 Å². The Hall–Kier alpha value is -4.57. The highest BCUT2D eigenvalue weighted by atomic mass is 32.1. The van der Waals surface area contributed by atoms with Gasteiger partial charge in [-0.15, -0.1) is 11.3 Å². The molecular formula is C27H22FN5O3S. The number of nitrogens with zero attached hydrogens (tertiary/aromatic N) is 5. The minimum Gasteiger partial charge on any atom is -0.312 e. The van der Waals surface area contributed by atoms with Gasteiger partial charge in [-0.3, -0.25) is 19.6 Å². The summed E-state index contributed by atoms with van der Waals surface area (Å²) in [4.78, 5) is 29.5. The van der Waals surface area contributed by atoms with Gasteiger partial charge in [-0.25, -0.2) is 14.1 Å². The Morgan fingerprint density at radius 3 is 2.32 bits per heavy atom. The average Bonchev–Trinajstić information content (AvgIpc) is 3.39. The van der Waals surface area contributed by atoms with Gasteiger partial charge in [0, 0.05) is 24.6 Å². The predicted molar refractivity (Wildman–Crippen MR) is 141 cm³/mol. The van der Waals surface area contributed by atoms with E-state index in [1.165, 1.54) is 35.6 Å². The summed E-state index contributed by atoms with van der Waals surface area (Å²) in [6.07, 6.45) is 0. The molecule has 37 heavy (non-hydrogen) atoms. The molecule has 0 N–H and O–H groups in total. The number of aromatic nitrogens is 3. The average molecular weight is 516 g/mol. The summed E-state index contributed by atoms with van der Waals surface area (Å²) in [5.74, 6) is -0.332. The lowest BCUT2D eigenvalue weighted by molar-refractivity contribution is -0.384. The summed E-state index contributed by atoms with van der Waals surface area (Å²) in [5, 5.41) is 13.0. The fraction of sp³-hybridized carbons (Fsp3) is 0.111. The molecule has 5 rings (SSSR count). The lowest BCUT2D eigenvalue weighted by Gasteiger charge is -2.09. The summed E-state index contributed by atoms with van der Waals surface area (Å²) < 4.78 is 18.8. The SMILES string of the molecule is Cc1c(N=c2scc(-c3ccc([N+](=O)[O-])cc3)n2Cc2ccc(F)cc2)c(=O)n(-c2ccccc2)n1C. The number of halogens is 1. The minimum atomic E-state index is -0.444. The van der Waals surface area contributed by atoms with Crippen LogP contribution in [-0.4, -0.2) is 18.9 Å². The van der Waals surface area contributed by atoms with Crippen LogP contribution in [0, 0.1) is 22.9 Å². The quantitative estimate of drug-likeness (QED) is 0.226. The first kappa shape index (κ1) is 24.1. The summed E-state index contributed by atoms with van der Waals surface area (Å²) >= 11 is 1.36. The molecule has 0 fully saturated rings. The number of benzene rings is 3. The van der Waals surface area contributed by atoms with Gasteiger partial charge in [0.1, 0.15) is 5.82 Å². The number of non-ortho nitro benzene ring substituents is 1. The number of nitro benzene ring substituents is 1. The Morgan fingerprint density at radius 2 is 1.68 bits per heavy atom. The largest absolute Gasteiger partial charge is 0.312 e. The van der Waals surface area contributed by atoms with Gasteiger partial charge in [0.05, 0.1) is 28.5 Å². The highest BCUT2D eigenvalue weighted by Crippen LogP contribution is 2.25. The molecule has 5 aromatic rings. The first-order chi connectivity index (χ1) is 17.8. The molecule has 186 valence electrons. The van der Waals surface area contributed by atoms with Crippen molar-refractivity contribution in [2.24, 2.45) is 12.0 Å². The summed E-state index contributed by atoms with van der Waals surface area (Å²) in [6, 6.07) is 21.8. The number of rotatable bonds is 6. The van der Waals surface area contributed by atoms with Crippen LogP contribution in [0.2, 0.25) is 0 Å². The predicted octanol–water partition coefficient (Wildman–Crippen LogP) is 5.34. The second-order valence-corrected chi connectivity index (χ2v) is 9.28. The number of para-hydroxylation sites is 1. The van der Waals surface area contributed by atoms with E-state index in [0.29, 0.717) is 22.7 Å². The maximum Gasteiger partial charge on any atom is 0.297 e. The Balaban J connectivity index is 1.68. The summed E-state index contributed by atoms with van der Waals surface area (Å²) in [6.45, 7) is 2.21. The van der Waals surface area contributed by atoms with Crippen molar-refractivity contribution in [3.8, 4) is 16.9 Å². The summed E-state index contributed by atoms with van der Waals surface area (Å²) in [5.41, 5.74) is 3.88. The number of hydrogen-bond acceptors (Lipinski definition) is 5. The first-order valence-corrected chi connectivity index (χ1v) is 12.3. The van der Waals surface area contributed by atoms with Crippen LogP contribution in [0.4, 0.5) is 15.8 Å². The van der Waals surface area contributed by atoms with E-state index in [9.17, 15) is 19.3 Å². The fourth-order valence-corrected chi connectivity index (χ4v) is 5.02. The number of thiazole rings is 1. The smallest absolute Gasteiger partial charge is 0.297 e. The van der Waals surface area contributed by atoms with E-state index in [0.717, 1.165) is 22.5 Å². The third-order valence-corrected chi connectivity index (χ3v) is 7.02. The van der Waals surface area contributed by atoms with Gasteiger partial charge in [0.15, 0.2) is 10.5 Å². The molecule has 0 unspecified atom stereocenters. The normalized spacial score (nSPS) is 11.7. The van der Waals surface area contributed by atoms with Crippen LogP contribution in [0.1, 0.15) is 11.3 Å². The van der Waals surface area contributed by atoms with Gasteiger partial charge in [0.2, 0.25) is 0 Å². The first-order valence-electron chi connectivity index (χ1n) is 11.4. The van der Waals surface area contributed by atoms with Crippen molar-refractivity contribution >= 4 is 22.7 Å². The lowest BCUT2D eigenvalue weighted by Crippen LogP contribution is -2.20. The molecule has 0 atom stereocenters. The van der Waals surface area contributed by atoms with Gasteiger partial charge in [0.25, 0.3) is 11.2 Å². The van der Waals surface area contributed by atoms with Gasteiger partial charge < -0.3 is 4.57 Å². The van der Waals surface area contributed by atoms with Crippen molar-refractivity contribution in [2.45, 2.75) is 13.5 Å². The molecule has 0 aliphatic heterocycles. The Kier molecular flexibility index (Phi) is 6.41. The molecule has 3 aromatic carbocycles. The van der Waals surface area contributed by atoms with Crippen LogP contribution in [0.25, 0.3) is 16.9 Å². The van der Waals surface area contributed by atoms with E-state index in [-0.39, 0.29) is 17.1 Å². The Bertz CT molecular complexity index is 1710.